The van der Waals surface area contributed by atoms with Crippen molar-refractivity contribution in [3.63, 3.8) is 0 Å². The van der Waals surface area contributed by atoms with Crippen molar-refractivity contribution in [1.82, 2.24) is 5.32 Å². The number of hydrogen-bond acceptors (Lipinski definition) is 6. The molecule has 0 rings (SSSR count). The van der Waals surface area contributed by atoms with Gasteiger partial charge in [0.05, 0.1) is 39.9 Å². The number of quaternary nitrogens is 1. The molecule has 0 aliphatic carbocycles. The molecule has 0 radical (unpaired) electrons. The van der Waals surface area contributed by atoms with Crippen molar-refractivity contribution in [3.05, 3.63) is 0 Å². The first-order valence-corrected chi connectivity index (χ1v) is 26.8. The number of nitrogens with one attached hydrogen (secondary N) is 1. The van der Waals surface area contributed by atoms with E-state index in [0.717, 1.165) is 38.5 Å². The summed E-state index contributed by atoms with van der Waals surface area (Å²) in [5, 5.41) is 13.8. The van der Waals surface area contributed by atoms with Gasteiger partial charge < -0.3 is 28.8 Å². The Balaban J connectivity index is 3.87. The van der Waals surface area contributed by atoms with Gasteiger partial charge in [0.15, 0.2) is 0 Å². The van der Waals surface area contributed by atoms with Gasteiger partial charge in [-0.1, -0.05) is 239 Å². The van der Waals surface area contributed by atoms with Crippen LogP contribution in [0.5, 0.6) is 0 Å². The molecule has 0 aliphatic heterocycles. The van der Waals surface area contributed by atoms with Crippen LogP contribution in [0.15, 0.2) is 0 Å². The molecule has 348 valence electrons. The van der Waals surface area contributed by atoms with E-state index in [1.165, 1.54) is 193 Å². The average molecular weight is 845 g/mol. The van der Waals surface area contributed by atoms with E-state index < -0.39 is 20.0 Å². The zero-order chi connectivity index (χ0) is 42.8. The lowest BCUT2D eigenvalue weighted by molar-refractivity contribution is -0.870. The highest BCUT2D eigenvalue weighted by Crippen LogP contribution is 2.38. The second-order valence-corrected chi connectivity index (χ2v) is 20.3. The Labute approximate surface area is 361 Å². The molecule has 0 heterocycles. The molecule has 9 heteroatoms. The summed E-state index contributed by atoms with van der Waals surface area (Å²) in [4.78, 5) is 25.2. The summed E-state index contributed by atoms with van der Waals surface area (Å²) in [6.45, 7) is 4.70. The van der Waals surface area contributed by atoms with Crippen molar-refractivity contribution in [3.8, 4) is 0 Å². The number of amides is 1. The molecular formula is C49H101N2O6P. The monoisotopic (exact) mass is 845 g/mol. The zero-order valence-corrected chi connectivity index (χ0v) is 40.4. The van der Waals surface area contributed by atoms with Gasteiger partial charge in [0.2, 0.25) is 5.91 Å². The third kappa shape index (κ3) is 43.6. The average Bonchev–Trinajstić information content (AvgIpc) is 3.17. The van der Waals surface area contributed by atoms with E-state index in [4.69, 9.17) is 9.05 Å². The number of aliphatic hydroxyl groups is 1. The van der Waals surface area contributed by atoms with Crippen LogP contribution in [-0.2, 0) is 18.4 Å². The summed E-state index contributed by atoms with van der Waals surface area (Å²) >= 11 is 0. The number of nitrogens with zero attached hydrogens (tertiary/aromatic N) is 1. The van der Waals surface area contributed by atoms with Gasteiger partial charge >= 0.3 is 0 Å². The van der Waals surface area contributed by atoms with Crippen molar-refractivity contribution in [2.24, 2.45) is 0 Å². The van der Waals surface area contributed by atoms with E-state index in [-0.39, 0.29) is 19.1 Å². The highest BCUT2D eigenvalue weighted by Gasteiger charge is 2.24. The second kappa shape index (κ2) is 41.8. The number of unbranched alkanes of at least 4 members (excludes halogenated alkanes) is 34. The maximum atomic E-state index is 12.8. The predicted molar refractivity (Wildman–Crippen MR) is 247 cm³/mol. The van der Waals surface area contributed by atoms with Crippen molar-refractivity contribution in [2.45, 2.75) is 270 Å². The highest BCUT2D eigenvalue weighted by atomic mass is 31.2. The van der Waals surface area contributed by atoms with Crippen molar-refractivity contribution in [2.75, 3.05) is 40.9 Å². The third-order valence-corrected chi connectivity index (χ3v) is 12.8. The predicted octanol–water partition coefficient (Wildman–Crippen LogP) is 13.9. The number of likely N-dealkylation sites (N-methyl/N-ethyl adjacent to an activating group) is 1. The standard InChI is InChI=1S/C49H101N2O6P/c1-6-8-10-12-14-15-16-17-18-19-20-21-22-23-24-25-26-27-28-29-30-31-32-33-34-35-37-39-41-43-49(53)50-47(48(52)42-40-38-36-13-11-9-7-2)46-57-58(54,55)56-45-44-51(3,4)5/h47-48,52H,6-46H2,1-5H3,(H-,50,53,54,55). The fraction of sp³-hybridized carbons (Fsp3) is 0.980. The maximum absolute atomic E-state index is 12.8. The smallest absolute Gasteiger partial charge is 0.268 e. The molecule has 1 amide bonds. The number of phosphoric ester groups is 1. The largest absolute Gasteiger partial charge is 0.756 e. The minimum absolute atomic E-state index is 0.0154. The van der Waals surface area contributed by atoms with Gasteiger partial charge in [0.1, 0.15) is 13.2 Å². The Hall–Kier alpha value is -0.500. The molecule has 8 nitrogen and oxygen atoms in total. The van der Waals surface area contributed by atoms with Crippen LogP contribution in [-0.4, -0.2) is 68.5 Å². The van der Waals surface area contributed by atoms with Crippen molar-refractivity contribution < 1.29 is 32.9 Å². The number of hydrogen-bond donors (Lipinski definition) is 2. The molecule has 0 aliphatic rings. The molecule has 3 atom stereocenters. The molecule has 3 unspecified atom stereocenters. The van der Waals surface area contributed by atoms with Crippen molar-refractivity contribution in [1.29, 1.82) is 0 Å². The fourth-order valence-corrected chi connectivity index (χ4v) is 8.53. The molecule has 0 aromatic heterocycles. The van der Waals surface area contributed by atoms with Crippen molar-refractivity contribution >= 4 is 13.7 Å². The van der Waals surface area contributed by atoms with Gasteiger partial charge in [0.25, 0.3) is 7.82 Å². The maximum Gasteiger partial charge on any atom is 0.268 e. The Morgan fingerprint density at radius 2 is 0.845 bits per heavy atom. The molecule has 0 spiro atoms. The van der Waals surface area contributed by atoms with Gasteiger partial charge in [-0.05, 0) is 12.8 Å². The number of carbonyl (C=O) groups excluding carboxylic acids is 1. The van der Waals surface area contributed by atoms with E-state index >= 15 is 0 Å². The first kappa shape index (κ1) is 57.5. The first-order valence-electron chi connectivity index (χ1n) is 25.4. The first-order chi connectivity index (χ1) is 28.0. The van der Waals surface area contributed by atoms with Gasteiger partial charge in [-0.2, -0.15) is 0 Å². The molecule has 0 fully saturated rings. The molecule has 0 saturated heterocycles. The van der Waals surface area contributed by atoms with Crippen LogP contribution in [0.3, 0.4) is 0 Å². The Morgan fingerprint density at radius 3 is 1.17 bits per heavy atom. The van der Waals surface area contributed by atoms with Gasteiger partial charge in [-0.15, -0.1) is 0 Å². The quantitative estimate of drug-likeness (QED) is 0.0359. The van der Waals surface area contributed by atoms with Crippen LogP contribution in [0.1, 0.15) is 258 Å². The van der Waals surface area contributed by atoms with Gasteiger partial charge in [-0.25, -0.2) is 0 Å². The van der Waals surface area contributed by atoms with Gasteiger partial charge in [0, 0.05) is 6.42 Å². The number of rotatable bonds is 47. The topological polar surface area (TPSA) is 108 Å². The molecule has 0 saturated carbocycles. The number of aliphatic hydroxyl groups excluding tert-OH is 1. The lowest BCUT2D eigenvalue weighted by atomic mass is 10.0. The van der Waals surface area contributed by atoms with E-state index in [1.807, 2.05) is 21.1 Å². The lowest BCUT2D eigenvalue weighted by Crippen LogP contribution is -2.46. The minimum atomic E-state index is -4.55. The van der Waals surface area contributed by atoms with E-state index in [0.29, 0.717) is 23.9 Å². The Kier molecular flexibility index (Phi) is 41.5. The van der Waals surface area contributed by atoms with Crippen LogP contribution in [0.2, 0.25) is 0 Å². The van der Waals surface area contributed by atoms with Crippen LogP contribution in [0, 0.1) is 0 Å². The summed E-state index contributed by atoms with van der Waals surface area (Å²) in [5.74, 6) is -0.163. The molecular weight excluding hydrogens is 744 g/mol. The summed E-state index contributed by atoms with van der Waals surface area (Å²) in [6, 6.07) is -0.791. The van der Waals surface area contributed by atoms with E-state index in [2.05, 4.69) is 19.2 Å². The molecule has 2 N–H and O–H groups in total. The van der Waals surface area contributed by atoms with Crippen LogP contribution >= 0.6 is 7.82 Å². The Bertz CT molecular complexity index is 916. The normalized spacial score (nSPS) is 14.1. The summed E-state index contributed by atoms with van der Waals surface area (Å²) in [6.07, 6.45) is 47.3. The second-order valence-electron chi connectivity index (χ2n) is 18.9. The number of phosphoric acid groups is 1. The molecule has 58 heavy (non-hydrogen) atoms. The van der Waals surface area contributed by atoms with E-state index in [9.17, 15) is 19.4 Å². The van der Waals surface area contributed by atoms with Crippen LogP contribution in [0.25, 0.3) is 0 Å². The summed E-state index contributed by atoms with van der Waals surface area (Å²) < 4.78 is 23.2. The Morgan fingerprint density at radius 1 is 0.534 bits per heavy atom. The summed E-state index contributed by atoms with van der Waals surface area (Å²) in [7, 11) is 1.32. The SMILES string of the molecule is CCCCCCCCCCCCCCCCCCCCCCCCCCCCCCCC(=O)NC(COP(=O)([O-])OCC[N+](C)(C)C)C(O)CCCCCCCCC. The van der Waals surface area contributed by atoms with Crippen LogP contribution < -0.4 is 10.2 Å². The van der Waals surface area contributed by atoms with Crippen LogP contribution in [0.4, 0.5) is 0 Å². The van der Waals surface area contributed by atoms with Gasteiger partial charge in [-0.3, -0.25) is 9.36 Å². The number of carbonyl (C=O) groups is 1. The zero-order valence-electron chi connectivity index (χ0n) is 39.5. The minimum Gasteiger partial charge on any atom is -0.756 e. The highest BCUT2D eigenvalue weighted by molar-refractivity contribution is 7.45. The molecule has 0 aromatic carbocycles. The molecule has 0 aromatic rings. The fourth-order valence-electron chi connectivity index (χ4n) is 7.81. The molecule has 0 bridgehead atoms. The lowest BCUT2D eigenvalue weighted by Gasteiger charge is -2.30. The third-order valence-electron chi connectivity index (χ3n) is 11.8. The van der Waals surface area contributed by atoms with E-state index in [1.54, 1.807) is 0 Å². The summed E-state index contributed by atoms with van der Waals surface area (Å²) in [5.41, 5.74) is 0.